The number of ether oxygens (including phenoxy) is 2. The van der Waals surface area contributed by atoms with Gasteiger partial charge in [-0.3, -0.25) is 0 Å². The Morgan fingerprint density at radius 1 is 1.11 bits per heavy atom. The molecule has 0 aliphatic rings. The van der Waals surface area contributed by atoms with E-state index in [1.165, 1.54) is 0 Å². The van der Waals surface area contributed by atoms with Crippen LogP contribution >= 0.6 is 0 Å². The zero-order chi connectivity index (χ0) is 20.6. The number of hydrogen-bond donors (Lipinski definition) is 2. The third-order valence-corrected chi connectivity index (χ3v) is 6.08. The lowest BCUT2D eigenvalue weighted by molar-refractivity contribution is 0.354. The summed E-state index contributed by atoms with van der Waals surface area (Å²) < 4.78 is 35.6. The Balaban J connectivity index is 2.02. The van der Waals surface area contributed by atoms with Gasteiger partial charge in [-0.15, -0.1) is 0 Å². The predicted octanol–water partition coefficient (Wildman–Crippen LogP) is 2.36. The van der Waals surface area contributed by atoms with Crippen molar-refractivity contribution in [3.63, 3.8) is 0 Å². The molecule has 7 nitrogen and oxygen atoms in total. The van der Waals surface area contributed by atoms with Gasteiger partial charge in [0, 0.05) is 6.04 Å². The highest BCUT2D eigenvalue weighted by Crippen LogP contribution is 2.27. The quantitative estimate of drug-likeness (QED) is 0.490. The summed E-state index contributed by atoms with van der Waals surface area (Å²) in [7, 11) is -0.260. The van der Waals surface area contributed by atoms with E-state index >= 15 is 0 Å². The molecule has 0 amide bonds. The third kappa shape index (κ3) is 5.88. The van der Waals surface area contributed by atoms with Crippen LogP contribution in [0, 0.1) is 0 Å². The molecule has 0 saturated carbocycles. The van der Waals surface area contributed by atoms with Crippen LogP contribution in [0.4, 0.5) is 0 Å². The summed E-state index contributed by atoms with van der Waals surface area (Å²) in [6.07, 6.45) is 0.596. The number of nitrogens with one attached hydrogen (secondary N) is 1. The number of nitrogens with zero attached hydrogens (tertiary/aromatic N) is 1. The maximum Gasteiger partial charge on any atom is 0.189 e. The predicted molar refractivity (Wildman–Crippen MR) is 111 cm³/mol. The highest BCUT2D eigenvalue weighted by molar-refractivity contribution is 7.91. The molecular formula is C20H27N3O4S. The van der Waals surface area contributed by atoms with Crippen molar-refractivity contribution in [3.05, 3.63) is 54.1 Å². The summed E-state index contributed by atoms with van der Waals surface area (Å²) in [6, 6.07) is 13.6. The Morgan fingerprint density at radius 3 is 2.39 bits per heavy atom. The molecule has 0 bridgehead atoms. The van der Waals surface area contributed by atoms with E-state index in [9.17, 15) is 8.42 Å². The van der Waals surface area contributed by atoms with Crippen molar-refractivity contribution in [3.8, 4) is 11.5 Å². The molecule has 0 aliphatic carbocycles. The average molecular weight is 406 g/mol. The van der Waals surface area contributed by atoms with E-state index in [4.69, 9.17) is 15.2 Å². The van der Waals surface area contributed by atoms with Crippen molar-refractivity contribution in [1.82, 2.24) is 5.32 Å². The van der Waals surface area contributed by atoms with Gasteiger partial charge in [0.15, 0.2) is 27.3 Å². The molecule has 0 fully saturated rings. The van der Waals surface area contributed by atoms with Crippen molar-refractivity contribution in [1.29, 1.82) is 0 Å². The fourth-order valence-corrected chi connectivity index (χ4v) is 4.27. The smallest absolute Gasteiger partial charge is 0.189 e. The summed E-state index contributed by atoms with van der Waals surface area (Å²) in [5, 5.41) is 3.01. The monoisotopic (exact) mass is 405 g/mol. The third-order valence-electron chi connectivity index (χ3n) is 4.25. The molecule has 3 N–H and O–H groups in total. The molecule has 152 valence electrons. The van der Waals surface area contributed by atoms with Crippen LogP contribution in [0.5, 0.6) is 11.5 Å². The van der Waals surface area contributed by atoms with E-state index in [1.54, 1.807) is 50.6 Å². The minimum Gasteiger partial charge on any atom is -0.493 e. The summed E-state index contributed by atoms with van der Waals surface area (Å²) in [5.74, 6) is 1.39. The first-order chi connectivity index (χ1) is 13.4. The normalized spacial score (nSPS) is 13.0. The minimum atomic E-state index is -3.40. The molecule has 2 aromatic rings. The van der Waals surface area contributed by atoms with Gasteiger partial charge in [-0.2, -0.15) is 0 Å². The van der Waals surface area contributed by atoms with Crippen molar-refractivity contribution in [2.75, 3.05) is 20.0 Å². The molecule has 0 spiro atoms. The number of benzene rings is 2. The summed E-state index contributed by atoms with van der Waals surface area (Å²) in [5.41, 5.74) is 6.87. The highest BCUT2D eigenvalue weighted by atomic mass is 32.2. The first kappa shape index (κ1) is 21.6. The zero-order valence-corrected chi connectivity index (χ0v) is 17.2. The number of nitrogens with two attached hydrogens (primary N) is 1. The molecule has 2 rings (SSSR count). The van der Waals surface area contributed by atoms with E-state index in [0.29, 0.717) is 29.4 Å². The molecule has 0 radical (unpaired) electrons. The van der Waals surface area contributed by atoms with E-state index in [2.05, 4.69) is 10.3 Å². The number of guanidine groups is 1. The fraction of sp³-hybridized carbons (Fsp3) is 0.350. The number of rotatable bonds is 9. The molecule has 1 unspecified atom stereocenters. The lowest BCUT2D eigenvalue weighted by atomic mass is 10.2. The Kier molecular flexibility index (Phi) is 7.69. The molecule has 28 heavy (non-hydrogen) atoms. The van der Waals surface area contributed by atoms with Gasteiger partial charge >= 0.3 is 0 Å². The van der Waals surface area contributed by atoms with Crippen LogP contribution in [0.15, 0.2) is 58.4 Å². The van der Waals surface area contributed by atoms with Gasteiger partial charge in [0.25, 0.3) is 0 Å². The second-order valence-electron chi connectivity index (χ2n) is 6.23. The van der Waals surface area contributed by atoms with Gasteiger partial charge in [-0.1, -0.05) is 31.2 Å². The molecule has 2 aromatic carbocycles. The molecule has 0 saturated heterocycles. The Bertz CT molecular complexity index is 899. The fourth-order valence-electron chi connectivity index (χ4n) is 2.66. The van der Waals surface area contributed by atoms with Crippen LogP contribution in [-0.2, 0) is 16.4 Å². The molecule has 0 aliphatic heterocycles. The molecule has 1 atom stereocenters. The highest BCUT2D eigenvalue weighted by Gasteiger charge is 2.20. The molecule has 0 heterocycles. The Hall–Kier alpha value is -2.74. The van der Waals surface area contributed by atoms with Gasteiger partial charge < -0.3 is 20.5 Å². The van der Waals surface area contributed by atoms with Gasteiger partial charge in [-0.05, 0) is 36.2 Å². The van der Waals surface area contributed by atoms with Gasteiger partial charge in [0.2, 0.25) is 0 Å². The lowest BCUT2D eigenvalue weighted by Crippen LogP contribution is -2.43. The number of methoxy groups -OCH3 is 2. The minimum absolute atomic E-state index is 0.0555. The zero-order valence-electron chi connectivity index (χ0n) is 16.4. The molecule has 8 heteroatoms. The van der Waals surface area contributed by atoms with Crippen molar-refractivity contribution < 1.29 is 17.9 Å². The van der Waals surface area contributed by atoms with Crippen LogP contribution in [0.2, 0.25) is 0 Å². The van der Waals surface area contributed by atoms with Crippen LogP contribution in [0.3, 0.4) is 0 Å². The van der Waals surface area contributed by atoms with Crippen molar-refractivity contribution in [2.45, 2.75) is 30.8 Å². The van der Waals surface area contributed by atoms with Gasteiger partial charge in [0.05, 0.1) is 31.4 Å². The van der Waals surface area contributed by atoms with Crippen molar-refractivity contribution >= 4 is 15.8 Å². The Labute approximate surface area is 166 Å². The Morgan fingerprint density at radius 2 is 1.79 bits per heavy atom. The lowest BCUT2D eigenvalue weighted by Gasteiger charge is -2.18. The molecular weight excluding hydrogens is 378 g/mol. The van der Waals surface area contributed by atoms with Crippen LogP contribution in [0.1, 0.15) is 18.9 Å². The van der Waals surface area contributed by atoms with Crippen LogP contribution in [0.25, 0.3) is 0 Å². The summed E-state index contributed by atoms with van der Waals surface area (Å²) in [6.45, 7) is 2.24. The van der Waals surface area contributed by atoms with E-state index in [1.807, 2.05) is 19.1 Å². The second-order valence-corrected chi connectivity index (χ2v) is 8.27. The topological polar surface area (TPSA) is 103 Å². The van der Waals surface area contributed by atoms with E-state index < -0.39 is 9.84 Å². The van der Waals surface area contributed by atoms with E-state index in [-0.39, 0.29) is 17.8 Å². The van der Waals surface area contributed by atoms with Crippen LogP contribution < -0.4 is 20.5 Å². The average Bonchev–Trinajstić information content (AvgIpc) is 2.71. The number of hydrogen-bond acceptors (Lipinski definition) is 5. The SMILES string of the molecule is CCC(CS(=O)(=O)c1ccccc1)NC(N)=NCc1ccc(OC)c(OC)c1. The number of sulfone groups is 1. The second kappa shape index (κ2) is 9.98. The largest absolute Gasteiger partial charge is 0.493 e. The van der Waals surface area contributed by atoms with Gasteiger partial charge in [0.1, 0.15) is 0 Å². The van der Waals surface area contributed by atoms with E-state index in [0.717, 1.165) is 5.56 Å². The number of aliphatic imine (C=N–C) groups is 1. The molecule has 0 aromatic heterocycles. The van der Waals surface area contributed by atoms with Gasteiger partial charge in [-0.25, -0.2) is 13.4 Å². The summed E-state index contributed by atoms with van der Waals surface area (Å²) in [4.78, 5) is 4.61. The first-order valence-electron chi connectivity index (χ1n) is 8.94. The van der Waals surface area contributed by atoms with Crippen molar-refractivity contribution in [2.24, 2.45) is 10.7 Å². The summed E-state index contributed by atoms with van der Waals surface area (Å²) >= 11 is 0. The standard InChI is InChI=1S/C20H27N3O4S/c1-4-16(14-28(24,25)17-8-6-5-7-9-17)23-20(21)22-13-15-10-11-18(26-2)19(12-15)27-3/h5-12,16H,4,13-14H2,1-3H3,(H3,21,22,23). The first-order valence-corrected chi connectivity index (χ1v) is 10.6. The maximum atomic E-state index is 12.5. The van der Waals surface area contributed by atoms with Crippen LogP contribution in [-0.4, -0.2) is 40.4 Å². The maximum absolute atomic E-state index is 12.5.